The van der Waals surface area contributed by atoms with E-state index in [2.05, 4.69) is 16.7 Å². The number of nitrogens with one attached hydrogen (secondary N) is 2. The van der Waals surface area contributed by atoms with Gasteiger partial charge in [-0.3, -0.25) is 9.59 Å². The van der Waals surface area contributed by atoms with Crippen LogP contribution in [-0.2, 0) is 5.41 Å². The van der Waals surface area contributed by atoms with E-state index in [4.69, 9.17) is 9.15 Å². The molecule has 0 aliphatic heterocycles. The first-order valence-corrected chi connectivity index (χ1v) is 10.5. The summed E-state index contributed by atoms with van der Waals surface area (Å²) in [6.07, 6.45) is 5.76. The van der Waals surface area contributed by atoms with E-state index in [1.165, 1.54) is 6.26 Å². The lowest BCUT2D eigenvalue weighted by Gasteiger charge is -2.31. The zero-order valence-corrected chi connectivity index (χ0v) is 17.5. The number of furan rings is 1. The zero-order valence-electron chi connectivity index (χ0n) is 17.5. The minimum absolute atomic E-state index is 0.112. The molecule has 0 radical (unpaired) electrons. The summed E-state index contributed by atoms with van der Waals surface area (Å²) >= 11 is 0. The summed E-state index contributed by atoms with van der Waals surface area (Å²) in [7, 11) is 1.69. The van der Waals surface area contributed by atoms with Gasteiger partial charge >= 0.3 is 0 Å². The van der Waals surface area contributed by atoms with Crippen LogP contribution in [0.5, 0.6) is 5.75 Å². The monoisotopic (exact) mass is 418 g/mol. The van der Waals surface area contributed by atoms with Gasteiger partial charge in [-0.15, -0.1) is 0 Å². The Kier molecular flexibility index (Phi) is 6.07. The van der Waals surface area contributed by atoms with Crippen LogP contribution in [-0.4, -0.2) is 25.5 Å². The number of hydrogen-bond donors (Lipinski definition) is 2. The van der Waals surface area contributed by atoms with Crippen LogP contribution in [0.1, 0.15) is 52.2 Å². The Morgan fingerprint density at radius 3 is 2.39 bits per heavy atom. The lowest BCUT2D eigenvalue weighted by molar-refractivity contribution is 0.0942. The van der Waals surface area contributed by atoms with Gasteiger partial charge in [-0.2, -0.15) is 0 Å². The fourth-order valence-corrected chi connectivity index (χ4v) is 4.33. The molecule has 1 aliphatic carbocycles. The van der Waals surface area contributed by atoms with Crippen LogP contribution < -0.4 is 15.4 Å². The van der Waals surface area contributed by atoms with Crippen LogP contribution in [0.3, 0.4) is 0 Å². The highest BCUT2D eigenvalue weighted by atomic mass is 16.5. The van der Waals surface area contributed by atoms with Gasteiger partial charge < -0.3 is 19.8 Å². The average molecular weight is 418 g/mol. The van der Waals surface area contributed by atoms with Crippen LogP contribution in [0.15, 0.2) is 71.3 Å². The molecule has 0 bridgehead atoms. The van der Waals surface area contributed by atoms with Crippen molar-refractivity contribution in [1.82, 2.24) is 5.32 Å². The van der Waals surface area contributed by atoms with E-state index in [1.807, 2.05) is 18.2 Å². The number of rotatable bonds is 7. The van der Waals surface area contributed by atoms with E-state index in [-0.39, 0.29) is 23.0 Å². The van der Waals surface area contributed by atoms with Crippen LogP contribution in [0.2, 0.25) is 0 Å². The van der Waals surface area contributed by atoms with Gasteiger partial charge in [0, 0.05) is 28.8 Å². The van der Waals surface area contributed by atoms with Crippen molar-refractivity contribution in [3.8, 4) is 5.75 Å². The number of ether oxygens (including phenoxy) is 1. The molecule has 0 saturated heterocycles. The third kappa shape index (κ3) is 4.48. The molecule has 2 aromatic carbocycles. The number of carbonyl (C=O) groups excluding carboxylic acids is 2. The molecule has 1 saturated carbocycles. The Labute approximate surface area is 181 Å². The van der Waals surface area contributed by atoms with Crippen molar-refractivity contribution in [1.29, 1.82) is 0 Å². The summed E-state index contributed by atoms with van der Waals surface area (Å²) < 4.78 is 10.7. The molecule has 0 spiro atoms. The summed E-state index contributed by atoms with van der Waals surface area (Å²) in [6, 6.07) is 18.2. The molecule has 1 heterocycles. The first-order valence-electron chi connectivity index (χ1n) is 10.5. The van der Waals surface area contributed by atoms with Gasteiger partial charge in [0.15, 0.2) is 5.76 Å². The molecule has 6 nitrogen and oxygen atoms in total. The van der Waals surface area contributed by atoms with Crippen LogP contribution in [0.4, 0.5) is 5.69 Å². The summed E-state index contributed by atoms with van der Waals surface area (Å²) in [5.41, 5.74) is 2.19. The fraction of sp³-hybridized carbons (Fsp3) is 0.280. The third-order valence-electron chi connectivity index (χ3n) is 5.98. The van der Waals surface area contributed by atoms with Crippen molar-refractivity contribution < 1.29 is 18.7 Å². The first kappa shape index (κ1) is 20.7. The van der Waals surface area contributed by atoms with E-state index in [0.717, 1.165) is 37.0 Å². The Balaban J connectivity index is 1.42. The summed E-state index contributed by atoms with van der Waals surface area (Å²) in [4.78, 5) is 24.9. The van der Waals surface area contributed by atoms with Gasteiger partial charge in [0.25, 0.3) is 11.8 Å². The number of benzene rings is 2. The van der Waals surface area contributed by atoms with Crippen molar-refractivity contribution in [3.63, 3.8) is 0 Å². The molecule has 1 fully saturated rings. The lowest BCUT2D eigenvalue weighted by Crippen LogP contribution is -2.39. The lowest BCUT2D eigenvalue weighted by atomic mass is 9.78. The molecule has 4 rings (SSSR count). The van der Waals surface area contributed by atoms with Crippen molar-refractivity contribution in [2.45, 2.75) is 31.1 Å². The summed E-state index contributed by atoms with van der Waals surface area (Å²) in [5, 5.41) is 5.87. The molecule has 0 atom stereocenters. The number of carbonyl (C=O) groups is 2. The van der Waals surface area contributed by atoms with E-state index < -0.39 is 0 Å². The fourth-order valence-electron chi connectivity index (χ4n) is 4.33. The number of hydrogen-bond acceptors (Lipinski definition) is 4. The summed E-state index contributed by atoms with van der Waals surface area (Å²) in [6.45, 7) is 0.559. The number of amides is 2. The normalized spacial score (nSPS) is 14.7. The van der Waals surface area contributed by atoms with Crippen molar-refractivity contribution >= 4 is 17.5 Å². The van der Waals surface area contributed by atoms with E-state index in [1.54, 1.807) is 43.5 Å². The van der Waals surface area contributed by atoms with E-state index in [9.17, 15) is 9.59 Å². The predicted molar refractivity (Wildman–Crippen MR) is 119 cm³/mol. The molecule has 2 N–H and O–H groups in total. The van der Waals surface area contributed by atoms with Crippen LogP contribution >= 0.6 is 0 Å². The Hall–Kier alpha value is -3.54. The molecular weight excluding hydrogens is 392 g/mol. The van der Waals surface area contributed by atoms with Gasteiger partial charge in [-0.05, 0) is 55.3 Å². The maximum absolute atomic E-state index is 12.8. The highest BCUT2D eigenvalue weighted by molar-refractivity contribution is 6.02. The molecule has 3 aromatic rings. The van der Waals surface area contributed by atoms with Crippen LogP contribution in [0, 0.1) is 0 Å². The largest absolute Gasteiger partial charge is 0.496 e. The van der Waals surface area contributed by atoms with Crippen LogP contribution in [0.25, 0.3) is 0 Å². The molecule has 6 heteroatoms. The first-order chi connectivity index (χ1) is 15.1. The molecule has 0 unspecified atom stereocenters. The minimum atomic E-state index is -0.331. The van der Waals surface area contributed by atoms with Crippen molar-refractivity contribution in [3.05, 3.63) is 83.8 Å². The second-order valence-corrected chi connectivity index (χ2v) is 7.88. The third-order valence-corrected chi connectivity index (χ3v) is 5.98. The van der Waals surface area contributed by atoms with E-state index >= 15 is 0 Å². The Bertz CT molecular complexity index is 1040. The van der Waals surface area contributed by atoms with Gasteiger partial charge in [-0.1, -0.05) is 31.0 Å². The SMILES string of the molecule is COc1ccccc1C1(CNC(=O)c2ccc(NC(=O)c3ccco3)cc2)CCCC1. The zero-order chi connectivity index (χ0) is 21.7. The number of methoxy groups -OCH3 is 1. The average Bonchev–Trinajstić information content (AvgIpc) is 3.51. The second-order valence-electron chi connectivity index (χ2n) is 7.88. The maximum atomic E-state index is 12.8. The number of anilines is 1. The molecule has 2 amide bonds. The molecule has 1 aromatic heterocycles. The van der Waals surface area contributed by atoms with Gasteiger partial charge in [0.2, 0.25) is 0 Å². The van der Waals surface area contributed by atoms with Gasteiger partial charge in [0.05, 0.1) is 13.4 Å². The standard InChI is InChI=1S/C25H26N2O4/c1-30-21-8-3-2-7-20(21)25(14-4-5-15-25)17-26-23(28)18-10-12-19(13-11-18)27-24(29)22-9-6-16-31-22/h2-3,6-13,16H,4-5,14-15,17H2,1H3,(H,26,28)(H,27,29). The molecule has 1 aliphatic rings. The van der Waals surface area contributed by atoms with E-state index in [0.29, 0.717) is 17.8 Å². The summed E-state index contributed by atoms with van der Waals surface area (Å²) in [5.74, 6) is 0.641. The topological polar surface area (TPSA) is 80.6 Å². The quantitative estimate of drug-likeness (QED) is 0.579. The Morgan fingerprint density at radius 2 is 1.71 bits per heavy atom. The molecular formula is C25H26N2O4. The molecule has 160 valence electrons. The molecule has 31 heavy (non-hydrogen) atoms. The van der Waals surface area contributed by atoms with Crippen molar-refractivity contribution in [2.24, 2.45) is 0 Å². The number of para-hydroxylation sites is 1. The minimum Gasteiger partial charge on any atom is -0.496 e. The van der Waals surface area contributed by atoms with Gasteiger partial charge in [-0.25, -0.2) is 0 Å². The smallest absolute Gasteiger partial charge is 0.291 e. The predicted octanol–water partition coefficient (Wildman–Crippen LogP) is 4.78. The Morgan fingerprint density at radius 1 is 0.968 bits per heavy atom. The highest BCUT2D eigenvalue weighted by Crippen LogP contribution is 2.44. The highest BCUT2D eigenvalue weighted by Gasteiger charge is 2.38. The maximum Gasteiger partial charge on any atom is 0.291 e. The second kappa shape index (κ2) is 9.08. The van der Waals surface area contributed by atoms with Gasteiger partial charge in [0.1, 0.15) is 5.75 Å². The van der Waals surface area contributed by atoms with Crippen molar-refractivity contribution in [2.75, 3.05) is 19.0 Å².